The van der Waals surface area contributed by atoms with Gasteiger partial charge in [0.25, 0.3) is 0 Å². The van der Waals surface area contributed by atoms with Crippen LogP contribution in [0.2, 0.25) is 0 Å². The predicted octanol–water partition coefficient (Wildman–Crippen LogP) is 2.11. The summed E-state index contributed by atoms with van der Waals surface area (Å²) in [5.74, 6) is 0. The molecule has 13 heavy (non-hydrogen) atoms. The van der Waals surface area contributed by atoms with E-state index in [0.717, 1.165) is 0 Å². The van der Waals surface area contributed by atoms with Crippen LogP contribution >= 0.6 is 0 Å². The fourth-order valence-corrected chi connectivity index (χ4v) is 1.63. The molecule has 1 N–H and O–H groups in total. The van der Waals surface area contributed by atoms with E-state index in [9.17, 15) is 0 Å². The summed E-state index contributed by atoms with van der Waals surface area (Å²) >= 11 is 0. The van der Waals surface area contributed by atoms with Gasteiger partial charge in [-0.3, -0.25) is 0 Å². The molecule has 1 rings (SSSR count). The average molecular weight is 183 g/mol. The first-order valence-electron chi connectivity index (χ1n) is 5.19. The molecule has 3 unspecified atom stereocenters. The van der Waals surface area contributed by atoms with Gasteiger partial charge in [0.15, 0.2) is 0 Å². The first-order chi connectivity index (χ1) is 6.24. The SMILES string of the molecule is COC(C)C(C)NC1C=CCCC1. The van der Waals surface area contributed by atoms with Crippen molar-refractivity contribution in [1.82, 2.24) is 5.32 Å². The van der Waals surface area contributed by atoms with Crippen molar-refractivity contribution in [1.29, 1.82) is 0 Å². The molecule has 3 atom stereocenters. The standard InChI is InChI=1S/C11H21NO/c1-9(10(2)13-3)12-11-7-5-4-6-8-11/h5,7,9-12H,4,6,8H2,1-3H3. The number of methoxy groups -OCH3 is 1. The Hall–Kier alpha value is -0.340. The third kappa shape index (κ3) is 3.49. The lowest BCUT2D eigenvalue weighted by molar-refractivity contribution is 0.0857. The molecule has 0 aromatic carbocycles. The van der Waals surface area contributed by atoms with E-state index in [1.54, 1.807) is 7.11 Å². The van der Waals surface area contributed by atoms with E-state index in [-0.39, 0.29) is 6.10 Å². The van der Waals surface area contributed by atoms with Crippen molar-refractivity contribution < 1.29 is 4.74 Å². The molecule has 0 aliphatic heterocycles. The Bertz CT molecular complexity index is 167. The second-order valence-corrected chi connectivity index (χ2v) is 3.86. The van der Waals surface area contributed by atoms with Crippen LogP contribution in [-0.4, -0.2) is 25.3 Å². The quantitative estimate of drug-likeness (QED) is 0.674. The lowest BCUT2D eigenvalue weighted by Crippen LogP contribution is -2.42. The summed E-state index contributed by atoms with van der Waals surface area (Å²) in [6.45, 7) is 4.28. The van der Waals surface area contributed by atoms with E-state index < -0.39 is 0 Å². The molecule has 76 valence electrons. The molecule has 0 amide bonds. The van der Waals surface area contributed by atoms with Crippen LogP contribution < -0.4 is 5.32 Å². The van der Waals surface area contributed by atoms with Crippen LogP contribution in [0.5, 0.6) is 0 Å². The Morgan fingerprint density at radius 1 is 1.46 bits per heavy atom. The van der Waals surface area contributed by atoms with Gasteiger partial charge in [0.1, 0.15) is 0 Å². The van der Waals surface area contributed by atoms with Gasteiger partial charge < -0.3 is 10.1 Å². The molecule has 0 spiro atoms. The smallest absolute Gasteiger partial charge is 0.0693 e. The highest BCUT2D eigenvalue weighted by molar-refractivity contribution is 4.98. The van der Waals surface area contributed by atoms with Gasteiger partial charge >= 0.3 is 0 Å². The Labute approximate surface area is 81.4 Å². The van der Waals surface area contributed by atoms with Crippen LogP contribution in [0.15, 0.2) is 12.2 Å². The maximum atomic E-state index is 5.27. The molecule has 0 aromatic heterocycles. The van der Waals surface area contributed by atoms with Gasteiger partial charge in [-0.2, -0.15) is 0 Å². The summed E-state index contributed by atoms with van der Waals surface area (Å²) in [6.07, 6.45) is 8.65. The van der Waals surface area contributed by atoms with E-state index in [1.165, 1.54) is 19.3 Å². The molecule has 0 bridgehead atoms. The molecule has 0 heterocycles. The Balaban J connectivity index is 2.30. The van der Waals surface area contributed by atoms with Crippen LogP contribution in [0.25, 0.3) is 0 Å². The highest BCUT2D eigenvalue weighted by atomic mass is 16.5. The average Bonchev–Trinajstić information content (AvgIpc) is 2.18. The second kappa shape index (κ2) is 5.40. The van der Waals surface area contributed by atoms with Crippen molar-refractivity contribution >= 4 is 0 Å². The summed E-state index contributed by atoms with van der Waals surface area (Å²) in [5.41, 5.74) is 0. The van der Waals surface area contributed by atoms with Crippen LogP contribution in [0.1, 0.15) is 33.1 Å². The van der Waals surface area contributed by atoms with E-state index in [2.05, 4.69) is 31.3 Å². The van der Waals surface area contributed by atoms with Crippen LogP contribution in [0.3, 0.4) is 0 Å². The van der Waals surface area contributed by atoms with Gasteiger partial charge in [0.05, 0.1) is 6.10 Å². The number of nitrogens with one attached hydrogen (secondary N) is 1. The van der Waals surface area contributed by atoms with Crippen molar-refractivity contribution in [2.45, 2.75) is 51.3 Å². The summed E-state index contributed by atoms with van der Waals surface area (Å²) < 4.78 is 5.27. The zero-order valence-electron chi connectivity index (χ0n) is 8.92. The second-order valence-electron chi connectivity index (χ2n) is 3.86. The van der Waals surface area contributed by atoms with E-state index in [1.807, 2.05) is 0 Å². The maximum Gasteiger partial charge on any atom is 0.0693 e. The van der Waals surface area contributed by atoms with E-state index in [0.29, 0.717) is 12.1 Å². The Morgan fingerprint density at radius 2 is 2.23 bits per heavy atom. The van der Waals surface area contributed by atoms with Crippen molar-refractivity contribution in [2.24, 2.45) is 0 Å². The monoisotopic (exact) mass is 183 g/mol. The largest absolute Gasteiger partial charge is 0.380 e. The number of rotatable bonds is 4. The van der Waals surface area contributed by atoms with Gasteiger partial charge in [-0.25, -0.2) is 0 Å². The predicted molar refractivity (Wildman–Crippen MR) is 55.8 cm³/mol. The minimum Gasteiger partial charge on any atom is -0.380 e. The summed E-state index contributed by atoms with van der Waals surface area (Å²) in [5, 5.41) is 3.56. The van der Waals surface area contributed by atoms with Crippen LogP contribution in [0.4, 0.5) is 0 Å². The lowest BCUT2D eigenvalue weighted by Gasteiger charge is -2.26. The van der Waals surface area contributed by atoms with Crippen molar-refractivity contribution in [3.05, 3.63) is 12.2 Å². The lowest BCUT2D eigenvalue weighted by atomic mass is 10.0. The number of hydrogen-bond acceptors (Lipinski definition) is 2. The highest BCUT2D eigenvalue weighted by Crippen LogP contribution is 2.11. The molecule has 0 saturated heterocycles. The first kappa shape index (κ1) is 10.7. The Kier molecular flexibility index (Phi) is 4.46. The van der Waals surface area contributed by atoms with Crippen LogP contribution in [0, 0.1) is 0 Å². The molecule has 2 heteroatoms. The van der Waals surface area contributed by atoms with E-state index >= 15 is 0 Å². The molecule has 0 radical (unpaired) electrons. The molecule has 0 saturated carbocycles. The fourth-order valence-electron chi connectivity index (χ4n) is 1.63. The number of hydrogen-bond donors (Lipinski definition) is 1. The van der Waals surface area contributed by atoms with Gasteiger partial charge in [-0.15, -0.1) is 0 Å². The van der Waals surface area contributed by atoms with Gasteiger partial charge in [0.2, 0.25) is 0 Å². The zero-order chi connectivity index (χ0) is 9.68. The number of ether oxygens (including phenoxy) is 1. The summed E-state index contributed by atoms with van der Waals surface area (Å²) in [6, 6.07) is 0.985. The minimum atomic E-state index is 0.287. The normalized spacial score (nSPS) is 27.2. The third-order valence-electron chi connectivity index (χ3n) is 2.81. The van der Waals surface area contributed by atoms with Gasteiger partial charge in [-0.05, 0) is 33.1 Å². The molecule has 0 fully saturated rings. The van der Waals surface area contributed by atoms with Gasteiger partial charge in [-0.1, -0.05) is 12.2 Å². The number of allylic oxidation sites excluding steroid dienone is 1. The molecular weight excluding hydrogens is 162 g/mol. The van der Waals surface area contributed by atoms with E-state index in [4.69, 9.17) is 4.74 Å². The molecular formula is C11H21NO. The molecule has 2 nitrogen and oxygen atoms in total. The van der Waals surface area contributed by atoms with Crippen molar-refractivity contribution in [2.75, 3.05) is 7.11 Å². The fraction of sp³-hybridized carbons (Fsp3) is 0.818. The molecule has 1 aliphatic carbocycles. The third-order valence-corrected chi connectivity index (χ3v) is 2.81. The highest BCUT2D eigenvalue weighted by Gasteiger charge is 2.15. The minimum absolute atomic E-state index is 0.287. The topological polar surface area (TPSA) is 21.3 Å². The van der Waals surface area contributed by atoms with Gasteiger partial charge in [0, 0.05) is 19.2 Å². The van der Waals surface area contributed by atoms with Crippen LogP contribution in [-0.2, 0) is 4.74 Å². The Morgan fingerprint density at radius 3 is 2.77 bits per heavy atom. The zero-order valence-corrected chi connectivity index (χ0v) is 8.92. The summed E-state index contributed by atoms with van der Waals surface area (Å²) in [4.78, 5) is 0. The molecule has 1 aliphatic rings. The molecule has 0 aromatic rings. The first-order valence-corrected chi connectivity index (χ1v) is 5.19. The van der Waals surface area contributed by atoms with Crippen molar-refractivity contribution in [3.63, 3.8) is 0 Å². The summed E-state index contributed by atoms with van der Waals surface area (Å²) in [7, 11) is 1.76. The van der Waals surface area contributed by atoms with Crippen molar-refractivity contribution in [3.8, 4) is 0 Å². The maximum absolute atomic E-state index is 5.27.